The summed E-state index contributed by atoms with van der Waals surface area (Å²) in [6.45, 7) is 4.16. The number of aromatic amines is 1. The SMILES string of the molecule is CCCc1cc(=O)[nH]c(SC(c2ccsc2)C(N)CC)n1. The van der Waals surface area contributed by atoms with Gasteiger partial charge in [-0.15, -0.1) is 0 Å². The van der Waals surface area contributed by atoms with Gasteiger partial charge in [0.05, 0.1) is 5.25 Å². The molecule has 2 heterocycles. The van der Waals surface area contributed by atoms with Crippen LogP contribution in [0.25, 0.3) is 0 Å². The number of nitrogens with zero attached hydrogens (tertiary/aromatic N) is 1. The number of rotatable bonds is 7. The predicted octanol–water partition coefficient (Wildman–Crippen LogP) is 3.35. The molecule has 0 aliphatic carbocycles. The highest BCUT2D eigenvalue weighted by Crippen LogP contribution is 2.37. The summed E-state index contributed by atoms with van der Waals surface area (Å²) in [5.74, 6) is 0. The molecule has 21 heavy (non-hydrogen) atoms. The van der Waals surface area contributed by atoms with Crippen LogP contribution in [-0.4, -0.2) is 16.0 Å². The number of aryl methyl sites for hydroxylation is 1. The first kappa shape index (κ1) is 16.3. The lowest BCUT2D eigenvalue weighted by molar-refractivity contribution is 0.633. The van der Waals surface area contributed by atoms with Crippen LogP contribution in [-0.2, 0) is 6.42 Å². The summed E-state index contributed by atoms with van der Waals surface area (Å²) in [5, 5.41) is 4.93. The molecule has 2 aromatic rings. The van der Waals surface area contributed by atoms with Crippen molar-refractivity contribution in [2.24, 2.45) is 5.73 Å². The molecule has 0 radical (unpaired) electrons. The largest absolute Gasteiger partial charge is 0.326 e. The molecule has 2 rings (SSSR count). The first-order valence-electron chi connectivity index (χ1n) is 7.18. The third kappa shape index (κ3) is 4.43. The standard InChI is InChI=1S/C15H21N3OS2/c1-3-5-11-8-13(19)18-15(17-11)21-14(12(16)4-2)10-6-7-20-9-10/h6-9,12,14H,3-5,16H2,1-2H3,(H,17,18,19). The molecule has 0 aromatic carbocycles. The van der Waals surface area contributed by atoms with Gasteiger partial charge in [0.1, 0.15) is 0 Å². The van der Waals surface area contributed by atoms with E-state index >= 15 is 0 Å². The molecule has 2 unspecified atom stereocenters. The Morgan fingerprint density at radius 1 is 1.48 bits per heavy atom. The molecule has 0 aliphatic heterocycles. The minimum Gasteiger partial charge on any atom is -0.326 e. The quantitative estimate of drug-likeness (QED) is 0.605. The normalized spacial score (nSPS) is 14.0. The monoisotopic (exact) mass is 323 g/mol. The molecule has 0 bridgehead atoms. The number of hydrogen-bond acceptors (Lipinski definition) is 5. The maximum atomic E-state index is 11.8. The van der Waals surface area contributed by atoms with Crippen molar-refractivity contribution in [2.45, 2.75) is 49.6 Å². The van der Waals surface area contributed by atoms with Crippen molar-refractivity contribution in [3.05, 3.63) is 44.5 Å². The molecule has 2 atom stereocenters. The molecule has 3 N–H and O–H groups in total. The Bertz CT molecular complexity index is 610. The topological polar surface area (TPSA) is 71.8 Å². The zero-order chi connectivity index (χ0) is 15.2. The number of nitrogens with two attached hydrogens (primary N) is 1. The predicted molar refractivity (Wildman–Crippen MR) is 90.0 cm³/mol. The summed E-state index contributed by atoms with van der Waals surface area (Å²) in [6.07, 6.45) is 2.68. The third-order valence-corrected chi connectivity index (χ3v) is 5.24. The van der Waals surface area contributed by atoms with Gasteiger partial charge < -0.3 is 10.7 Å². The summed E-state index contributed by atoms with van der Waals surface area (Å²) in [7, 11) is 0. The Balaban J connectivity index is 2.26. The molecule has 6 heteroatoms. The average Bonchev–Trinajstić information content (AvgIpc) is 2.97. The van der Waals surface area contributed by atoms with Crippen molar-refractivity contribution in [2.75, 3.05) is 0 Å². The molecule has 0 spiro atoms. The minimum atomic E-state index is -0.0925. The second kappa shape index (κ2) is 7.77. The van der Waals surface area contributed by atoms with Crippen LogP contribution >= 0.6 is 23.1 Å². The fraction of sp³-hybridized carbons (Fsp3) is 0.467. The number of nitrogens with one attached hydrogen (secondary N) is 1. The van der Waals surface area contributed by atoms with Crippen LogP contribution in [0.2, 0.25) is 0 Å². The van der Waals surface area contributed by atoms with Crippen LogP contribution < -0.4 is 11.3 Å². The van der Waals surface area contributed by atoms with E-state index in [1.54, 1.807) is 29.2 Å². The van der Waals surface area contributed by atoms with Crippen molar-refractivity contribution < 1.29 is 0 Å². The van der Waals surface area contributed by atoms with Crippen LogP contribution in [0, 0.1) is 0 Å². The van der Waals surface area contributed by atoms with E-state index in [1.807, 2.05) is 0 Å². The third-order valence-electron chi connectivity index (χ3n) is 3.25. The minimum absolute atomic E-state index is 0.0322. The summed E-state index contributed by atoms with van der Waals surface area (Å²) < 4.78 is 0. The number of H-pyrrole nitrogens is 1. The molecule has 0 saturated carbocycles. The Morgan fingerprint density at radius 2 is 2.29 bits per heavy atom. The molecular weight excluding hydrogens is 302 g/mol. The maximum absolute atomic E-state index is 11.8. The van der Waals surface area contributed by atoms with Crippen LogP contribution in [0.4, 0.5) is 0 Å². The average molecular weight is 323 g/mol. The lowest BCUT2D eigenvalue weighted by Gasteiger charge is -2.21. The molecule has 0 amide bonds. The van der Waals surface area contributed by atoms with E-state index in [2.05, 4.69) is 40.6 Å². The fourth-order valence-electron chi connectivity index (χ4n) is 2.10. The van der Waals surface area contributed by atoms with Crippen molar-refractivity contribution in [1.82, 2.24) is 9.97 Å². The Hall–Kier alpha value is -1.11. The van der Waals surface area contributed by atoms with Crippen molar-refractivity contribution in [1.29, 1.82) is 0 Å². The van der Waals surface area contributed by atoms with Gasteiger partial charge in [0.25, 0.3) is 5.56 Å². The smallest absolute Gasteiger partial charge is 0.251 e. The van der Waals surface area contributed by atoms with Gasteiger partial charge in [0.2, 0.25) is 0 Å². The van der Waals surface area contributed by atoms with Gasteiger partial charge >= 0.3 is 0 Å². The molecule has 114 valence electrons. The Labute approximate surface area is 133 Å². The van der Waals surface area contributed by atoms with E-state index in [0.29, 0.717) is 5.16 Å². The Morgan fingerprint density at radius 3 is 2.90 bits per heavy atom. The van der Waals surface area contributed by atoms with Crippen LogP contribution in [0.3, 0.4) is 0 Å². The number of aromatic nitrogens is 2. The van der Waals surface area contributed by atoms with E-state index < -0.39 is 0 Å². The highest BCUT2D eigenvalue weighted by molar-refractivity contribution is 7.99. The second-order valence-electron chi connectivity index (χ2n) is 4.96. The van der Waals surface area contributed by atoms with E-state index in [0.717, 1.165) is 25.0 Å². The fourth-order valence-corrected chi connectivity index (χ4v) is 4.10. The summed E-state index contributed by atoms with van der Waals surface area (Å²) in [6, 6.07) is 3.70. The first-order valence-corrected chi connectivity index (χ1v) is 9.00. The van der Waals surface area contributed by atoms with Crippen LogP contribution in [0.15, 0.2) is 32.8 Å². The molecule has 2 aromatic heterocycles. The zero-order valence-corrected chi connectivity index (χ0v) is 14.0. The highest BCUT2D eigenvalue weighted by Gasteiger charge is 2.21. The molecule has 0 fully saturated rings. The van der Waals surface area contributed by atoms with E-state index in [4.69, 9.17) is 5.73 Å². The van der Waals surface area contributed by atoms with Gasteiger partial charge in [-0.25, -0.2) is 4.98 Å². The lowest BCUT2D eigenvalue weighted by Crippen LogP contribution is -2.26. The first-order chi connectivity index (χ1) is 10.1. The van der Waals surface area contributed by atoms with Gasteiger partial charge in [-0.05, 0) is 35.2 Å². The van der Waals surface area contributed by atoms with E-state index in [9.17, 15) is 4.79 Å². The van der Waals surface area contributed by atoms with Gasteiger partial charge in [-0.2, -0.15) is 11.3 Å². The molecule has 4 nitrogen and oxygen atoms in total. The number of hydrogen-bond donors (Lipinski definition) is 2. The second-order valence-corrected chi connectivity index (χ2v) is 6.87. The maximum Gasteiger partial charge on any atom is 0.251 e. The highest BCUT2D eigenvalue weighted by atomic mass is 32.2. The van der Waals surface area contributed by atoms with Gasteiger partial charge in [-0.3, -0.25) is 4.79 Å². The lowest BCUT2D eigenvalue weighted by atomic mass is 10.1. The van der Waals surface area contributed by atoms with Crippen LogP contribution in [0.1, 0.15) is 43.2 Å². The van der Waals surface area contributed by atoms with Crippen molar-refractivity contribution in [3.63, 3.8) is 0 Å². The zero-order valence-electron chi connectivity index (χ0n) is 12.3. The molecular formula is C15H21N3OS2. The molecule has 0 aliphatic rings. The van der Waals surface area contributed by atoms with Gasteiger partial charge in [0, 0.05) is 17.8 Å². The van der Waals surface area contributed by atoms with Crippen molar-refractivity contribution in [3.8, 4) is 0 Å². The van der Waals surface area contributed by atoms with Gasteiger partial charge in [0.15, 0.2) is 5.16 Å². The summed E-state index contributed by atoms with van der Waals surface area (Å²) in [4.78, 5) is 19.1. The molecule has 0 saturated heterocycles. The number of thiophene rings is 1. The van der Waals surface area contributed by atoms with E-state index in [1.165, 1.54) is 5.56 Å². The summed E-state index contributed by atoms with van der Waals surface area (Å²) in [5.41, 5.74) is 8.20. The number of thioether (sulfide) groups is 1. The van der Waals surface area contributed by atoms with Crippen LogP contribution in [0.5, 0.6) is 0 Å². The van der Waals surface area contributed by atoms with Crippen molar-refractivity contribution >= 4 is 23.1 Å². The Kier molecular flexibility index (Phi) is 6.02. The summed E-state index contributed by atoms with van der Waals surface area (Å²) >= 11 is 3.21. The van der Waals surface area contributed by atoms with E-state index in [-0.39, 0.29) is 16.9 Å². The van der Waals surface area contributed by atoms with Gasteiger partial charge in [-0.1, -0.05) is 32.0 Å².